The molecule has 1 unspecified atom stereocenters. The van der Waals surface area contributed by atoms with E-state index in [0.29, 0.717) is 17.2 Å². The largest absolute Gasteiger partial charge is 0.508 e. The lowest BCUT2D eigenvalue weighted by molar-refractivity contribution is 0.00574. The van der Waals surface area contributed by atoms with Crippen molar-refractivity contribution in [2.45, 2.75) is 525 Å². The molecule has 121 heavy (non-hydrogen) atoms. The van der Waals surface area contributed by atoms with Crippen LogP contribution >= 0.6 is 0 Å². The number of hydrogen-bond acceptors (Lipinski definition) is 3. The van der Waals surface area contributed by atoms with E-state index >= 15 is 0 Å². The zero-order valence-corrected chi connectivity index (χ0v) is 85.5. The van der Waals surface area contributed by atoms with Crippen LogP contribution in [-0.2, 0) is 59.6 Å². The highest BCUT2D eigenvalue weighted by Crippen LogP contribution is 2.75. The Morgan fingerprint density at radius 2 is 0.421 bits per heavy atom. The van der Waals surface area contributed by atoms with Gasteiger partial charge in [0.15, 0.2) is 0 Å². The molecular weight excluding hydrogens is 1470 g/mol. The summed E-state index contributed by atoms with van der Waals surface area (Å²) in [6.45, 7) is 81.2. The smallest absolute Gasteiger partial charge is 0.119 e. The van der Waals surface area contributed by atoms with Crippen LogP contribution in [0, 0.1) is 26.2 Å². The predicted molar refractivity (Wildman–Crippen MR) is 535 cm³/mol. The van der Waals surface area contributed by atoms with Gasteiger partial charge in [-0.2, -0.15) is 0 Å². The molecule has 0 amide bonds. The van der Waals surface area contributed by atoms with Gasteiger partial charge in [0.1, 0.15) is 17.2 Å². The van der Waals surface area contributed by atoms with Gasteiger partial charge in [0.05, 0.1) is 0 Å². The van der Waals surface area contributed by atoms with Gasteiger partial charge in [-0.3, -0.25) is 0 Å². The van der Waals surface area contributed by atoms with E-state index in [-0.39, 0.29) is 21.7 Å². The Morgan fingerprint density at radius 1 is 0.223 bits per heavy atom. The highest BCUT2D eigenvalue weighted by molar-refractivity contribution is 5.71. The van der Waals surface area contributed by atoms with E-state index in [1.54, 1.807) is 0 Å². The van der Waals surface area contributed by atoms with Crippen LogP contribution < -0.4 is 0 Å². The third kappa shape index (κ3) is 26.0. The van der Waals surface area contributed by atoms with Crippen molar-refractivity contribution >= 4 is 0 Å². The van der Waals surface area contributed by atoms with Gasteiger partial charge >= 0.3 is 0 Å². The van der Waals surface area contributed by atoms with Crippen LogP contribution in [0.3, 0.4) is 0 Å². The lowest BCUT2D eigenvalue weighted by Crippen LogP contribution is -2.64. The van der Waals surface area contributed by atoms with Crippen molar-refractivity contribution in [3.05, 3.63) is 191 Å². The summed E-state index contributed by atoms with van der Waals surface area (Å²) in [4.78, 5) is 0. The van der Waals surface area contributed by atoms with E-state index < -0.39 is 49.2 Å². The molecule has 0 spiro atoms. The van der Waals surface area contributed by atoms with Crippen LogP contribution in [0.2, 0.25) is 0 Å². The minimum atomic E-state index is -1.16. The Bertz CT molecular complexity index is 3880. The Hall–Kier alpha value is -5.28. The van der Waals surface area contributed by atoms with Crippen LogP contribution in [0.25, 0.3) is 0 Å². The van der Waals surface area contributed by atoms with Gasteiger partial charge in [0, 0.05) is 16.7 Å². The average Bonchev–Trinajstić information content (AvgIpc) is 0.651. The summed E-state index contributed by atoms with van der Waals surface area (Å²) in [5.41, 5.74) is 16.0. The number of aromatic hydroxyl groups is 3. The van der Waals surface area contributed by atoms with Crippen LogP contribution in [-0.4, -0.2) is 15.3 Å². The molecule has 3 N–H and O–H groups in total. The highest BCUT2D eigenvalue weighted by Gasteiger charge is 2.70. The number of benzene rings is 6. The summed E-state index contributed by atoms with van der Waals surface area (Å²) < 4.78 is 0. The van der Waals surface area contributed by atoms with Gasteiger partial charge in [0.2, 0.25) is 0 Å². The maximum atomic E-state index is 13.7. The Kier molecular flexibility index (Phi) is 38.0. The zero-order chi connectivity index (χ0) is 90.8. The van der Waals surface area contributed by atoms with E-state index in [9.17, 15) is 15.3 Å². The van der Waals surface area contributed by atoms with Gasteiger partial charge in [-0.15, -0.1) is 0 Å². The van der Waals surface area contributed by atoms with Crippen LogP contribution in [0.4, 0.5) is 0 Å². The summed E-state index contributed by atoms with van der Waals surface area (Å²) in [6.07, 6.45) is 43.1. The molecule has 0 aliphatic rings. The van der Waals surface area contributed by atoms with Crippen molar-refractivity contribution in [1.82, 2.24) is 0 Å². The quantitative estimate of drug-likeness (QED) is 0.0334. The molecule has 0 bridgehead atoms. The first kappa shape index (κ1) is 105. The van der Waals surface area contributed by atoms with Gasteiger partial charge < -0.3 is 15.3 Å². The third-order valence-corrected chi connectivity index (χ3v) is 28.5. The molecule has 0 aromatic heterocycles. The fourth-order valence-electron chi connectivity index (χ4n) is 22.3. The number of unbranched alkanes of at least 4 members (excludes halogenated alkanes) is 30. The predicted octanol–water partition coefficient (Wildman–Crippen LogP) is 36.6. The van der Waals surface area contributed by atoms with Crippen molar-refractivity contribution in [3.8, 4) is 17.2 Å². The number of phenols is 3. The maximum Gasteiger partial charge on any atom is 0.119 e. The second-order valence-corrected chi connectivity index (χ2v) is 48.1. The Balaban J connectivity index is 2.36. The zero-order valence-electron chi connectivity index (χ0n) is 85.5. The van der Waals surface area contributed by atoms with Crippen LogP contribution in [0.15, 0.2) is 91.0 Å². The molecule has 6 aromatic carbocycles. The molecule has 1 atom stereocenters. The van der Waals surface area contributed by atoms with Crippen LogP contribution in [0.1, 0.15) is 545 Å². The summed E-state index contributed by atoms with van der Waals surface area (Å²) in [6, 6.07) is 37.7. The van der Waals surface area contributed by atoms with E-state index in [1.807, 2.05) is 0 Å². The first-order chi connectivity index (χ1) is 56.2. The van der Waals surface area contributed by atoms with Crippen molar-refractivity contribution in [1.29, 1.82) is 0 Å². The molecular formula is C118H190O3. The van der Waals surface area contributed by atoms with E-state index in [1.165, 1.54) is 221 Å². The van der Waals surface area contributed by atoms with Gasteiger partial charge in [-0.1, -0.05) is 492 Å². The van der Waals surface area contributed by atoms with Crippen molar-refractivity contribution < 1.29 is 15.3 Å². The molecule has 0 aliphatic carbocycles. The van der Waals surface area contributed by atoms with Crippen molar-refractivity contribution in [2.24, 2.45) is 5.41 Å². The number of phenolic OH excluding ortho intramolecular Hbond substituents is 3. The molecule has 0 saturated carbocycles. The van der Waals surface area contributed by atoms with E-state index in [2.05, 4.69) is 319 Å². The monoisotopic (exact) mass is 1660 g/mol. The minimum absolute atomic E-state index is 0.359. The maximum absolute atomic E-state index is 13.7. The second kappa shape index (κ2) is 44.0. The standard InChI is InChI=1S/C118H190O3/c1-34-37-40-43-46-49-52-55-58-61-64-76-116(77-65-62-59-56-53-50-47-44-41-38-35-2,117(78-66-63-60-57-54-51-48-45-42-39-36-3,94-82-97(113(25,26)27)100(119)79-85(94)4)95-83-98(114(28,29)30)101(120)80-86(95)5)118(96-84-99(115(31,32)33)102(121)81-87(96)6,105-92(111(19,20)21)74-69-75-93(105)112(22,23)24)106(103-88(107(7,8)9)70-67-71-89(103)108(10,11)12)104-90(109(13,14)15)72-68-73-91(104)110(16,17)18/h67-75,79-84,106,119-121H,34-66,76-78H2,1-33H3. The van der Waals surface area contributed by atoms with Gasteiger partial charge in [-0.25, -0.2) is 0 Å². The molecule has 0 heterocycles. The first-order valence-corrected chi connectivity index (χ1v) is 50.2. The topological polar surface area (TPSA) is 60.7 Å². The van der Waals surface area contributed by atoms with Gasteiger partial charge in [-0.05, 0) is 213 Å². The summed E-state index contributed by atoms with van der Waals surface area (Å²) in [5.74, 6) is 0.623. The van der Waals surface area contributed by atoms with Crippen molar-refractivity contribution in [2.75, 3.05) is 0 Å². The number of rotatable bonds is 45. The number of hydrogen-bond donors (Lipinski definition) is 3. The third-order valence-electron chi connectivity index (χ3n) is 28.5. The summed E-state index contributed by atoms with van der Waals surface area (Å²) in [7, 11) is 0. The highest BCUT2D eigenvalue weighted by atomic mass is 16.3. The second-order valence-electron chi connectivity index (χ2n) is 48.1. The van der Waals surface area contributed by atoms with E-state index in [0.717, 1.165) is 110 Å². The molecule has 0 aliphatic heterocycles. The lowest BCUT2D eigenvalue weighted by Gasteiger charge is -2.68. The first-order valence-electron chi connectivity index (χ1n) is 50.2. The molecule has 0 radical (unpaired) electrons. The Labute approximate surface area is 749 Å². The molecule has 3 nitrogen and oxygen atoms in total. The SMILES string of the molecule is CCCCCCCCCCCCCC(c1cc(C(C)(C)C)c(O)cc1C)(c1cc(C(C)(C)C)c(O)cc1C)C(CCCCCCCCCCCCC)(CCCCCCCCCCCCC)C(c1cc(C(C)(C)C)c(O)cc1C)(c1c(C(C)(C)C)cccc1C(C)(C)C)C(c1c(C(C)(C)C)cccc1C(C)(C)C)c1c(C(C)(C)C)cccc1C(C)(C)C. The van der Waals surface area contributed by atoms with Crippen molar-refractivity contribution in [3.63, 3.8) is 0 Å². The fraction of sp³-hybridized carbons (Fsp3) is 0.695. The van der Waals surface area contributed by atoms with Crippen LogP contribution in [0.5, 0.6) is 17.2 Å². The average molecular weight is 1660 g/mol. The minimum Gasteiger partial charge on any atom is -0.508 e. The Morgan fingerprint density at radius 3 is 0.653 bits per heavy atom. The van der Waals surface area contributed by atoms with E-state index in [4.69, 9.17) is 0 Å². The molecule has 680 valence electrons. The lowest BCUT2D eigenvalue weighted by atomic mass is 9.34. The number of aryl methyl sites for hydroxylation is 3. The van der Waals surface area contributed by atoms with Gasteiger partial charge in [0.25, 0.3) is 0 Å². The molecule has 6 aromatic rings. The molecule has 0 fully saturated rings. The normalized spacial score (nSPS) is 13.9. The fourth-order valence-corrected chi connectivity index (χ4v) is 22.3. The molecule has 3 heteroatoms. The summed E-state index contributed by atoms with van der Waals surface area (Å²) in [5, 5.41) is 40.6. The molecule has 0 saturated heterocycles. The summed E-state index contributed by atoms with van der Waals surface area (Å²) >= 11 is 0. The molecule has 6 rings (SSSR count).